The van der Waals surface area contributed by atoms with Crippen molar-refractivity contribution in [3.05, 3.63) is 0 Å². The quantitative estimate of drug-likeness (QED) is 0.778. The topological polar surface area (TPSA) is 64.4 Å². The van der Waals surface area contributed by atoms with Crippen LogP contribution in [0.2, 0.25) is 0 Å². The molecule has 0 aromatic heterocycles. The van der Waals surface area contributed by atoms with Gasteiger partial charge in [0, 0.05) is 25.6 Å². The van der Waals surface area contributed by atoms with E-state index in [-0.39, 0.29) is 17.4 Å². The summed E-state index contributed by atoms with van der Waals surface area (Å²) in [5.74, 6) is 0.0626. The van der Waals surface area contributed by atoms with E-state index in [4.69, 9.17) is 10.5 Å². The van der Waals surface area contributed by atoms with Crippen LogP contribution in [0.3, 0.4) is 0 Å². The first kappa shape index (κ1) is 16.4. The molecule has 0 saturated carbocycles. The molecule has 0 radical (unpaired) electrons. The average Bonchev–Trinajstić information content (AvgIpc) is 2.27. The van der Waals surface area contributed by atoms with Gasteiger partial charge in [-0.3, -0.25) is 4.79 Å². The summed E-state index contributed by atoms with van der Waals surface area (Å²) in [6.45, 7) is 8.00. The fourth-order valence-corrected chi connectivity index (χ4v) is 2.58. The van der Waals surface area contributed by atoms with Gasteiger partial charge in [-0.2, -0.15) is 0 Å². The lowest BCUT2D eigenvalue weighted by molar-refractivity contribution is -0.121. The highest BCUT2D eigenvalue weighted by molar-refractivity contribution is 5.76. The first-order valence-electron chi connectivity index (χ1n) is 7.51. The fraction of sp³-hybridized carbons (Fsp3) is 0.933. The SMILES string of the molecule is CC(C)(C)CC(N)CC(=O)NCCC1CCCCO1. The minimum atomic E-state index is -0.0501. The molecule has 1 rings (SSSR count). The Bertz CT molecular complexity index is 268. The van der Waals surface area contributed by atoms with E-state index in [2.05, 4.69) is 26.1 Å². The highest BCUT2D eigenvalue weighted by Gasteiger charge is 2.18. The second-order valence-corrected chi connectivity index (χ2v) is 6.86. The molecule has 1 saturated heterocycles. The van der Waals surface area contributed by atoms with Crippen molar-refractivity contribution >= 4 is 5.91 Å². The van der Waals surface area contributed by atoms with Crippen LogP contribution in [0.1, 0.15) is 59.3 Å². The molecule has 1 aliphatic heterocycles. The number of nitrogens with two attached hydrogens (primary N) is 1. The lowest BCUT2D eigenvalue weighted by Gasteiger charge is -2.24. The predicted octanol–water partition coefficient (Wildman–Crippen LogP) is 2.22. The summed E-state index contributed by atoms with van der Waals surface area (Å²) in [5.41, 5.74) is 6.17. The summed E-state index contributed by atoms with van der Waals surface area (Å²) in [4.78, 5) is 11.7. The maximum Gasteiger partial charge on any atom is 0.221 e. The number of carbonyl (C=O) groups is 1. The van der Waals surface area contributed by atoms with E-state index < -0.39 is 0 Å². The van der Waals surface area contributed by atoms with Crippen LogP contribution < -0.4 is 11.1 Å². The molecule has 0 aliphatic carbocycles. The van der Waals surface area contributed by atoms with Gasteiger partial charge in [-0.1, -0.05) is 20.8 Å². The zero-order chi connectivity index (χ0) is 14.3. The largest absolute Gasteiger partial charge is 0.378 e. The van der Waals surface area contributed by atoms with Crippen LogP contribution in [0.25, 0.3) is 0 Å². The second-order valence-electron chi connectivity index (χ2n) is 6.86. The van der Waals surface area contributed by atoms with Gasteiger partial charge in [0.2, 0.25) is 5.91 Å². The Kier molecular flexibility index (Phi) is 6.80. The molecule has 1 aliphatic rings. The average molecular weight is 270 g/mol. The number of hydrogen-bond donors (Lipinski definition) is 2. The molecule has 0 spiro atoms. The maximum atomic E-state index is 11.7. The zero-order valence-electron chi connectivity index (χ0n) is 12.7. The minimum Gasteiger partial charge on any atom is -0.378 e. The van der Waals surface area contributed by atoms with E-state index in [1.165, 1.54) is 12.8 Å². The molecule has 4 heteroatoms. The van der Waals surface area contributed by atoms with Gasteiger partial charge in [0.25, 0.3) is 0 Å². The molecule has 19 heavy (non-hydrogen) atoms. The van der Waals surface area contributed by atoms with Gasteiger partial charge in [0.05, 0.1) is 6.10 Å². The van der Waals surface area contributed by atoms with Crippen molar-refractivity contribution in [2.45, 2.75) is 71.4 Å². The summed E-state index contributed by atoms with van der Waals surface area (Å²) in [6, 6.07) is -0.0501. The van der Waals surface area contributed by atoms with Gasteiger partial charge < -0.3 is 15.8 Å². The first-order valence-corrected chi connectivity index (χ1v) is 7.51. The van der Waals surface area contributed by atoms with Crippen molar-refractivity contribution in [2.75, 3.05) is 13.2 Å². The predicted molar refractivity (Wildman–Crippen MR) is 77.9 cm³/mol. The zero-order valence-corrected chi connectivity index (χ0v) is 12.7. The van der Waals surface area contributed by atoms with Crippen LogP contribution in [0.15, 0.2) is 0 Å². The van der Waals surface area contributed by atoms with Gasteiger partial charge in [0.15, 0.2) is 0 Å². The highest BCUT2D eigenvalue weighted by Crippen LogP contribution is 2.21. The van der Waals surface area contributed by atoms with Gasteiger partial charge in [-0.15, -0.1) is 0 Å². The van der Waals surface area contributed by atoms with E-state index in [1.807, 2.05) is 0 Å². The van der Waals surface area contributed by atoms with E-state index >= 15 is 0 Å². The summed E-state index contributed by atoms with van der Waals surface area (Å²) in [5, 5.41) is 2.95. The normalized spacial score (nSPS) is 22.0. The molecule has 3 N–H and O–H groups in total. The van der Waals surface area contributed by atoms with Crippen LogP contribution in [0.5, 0.6) is 0 Å². The van der Waals surface area contributed by atoms with Crippen molar-refractivity contribution in [1.82, 2.24) is 5.32 Å². The molecule has 1 amide bonds. The summed E-state index contributed by atoms with van der Waals surface area (Å²) < 4.78 is 5.63. The van der Waals surface area contributed by atoms with Crippen molar-refractivity contribution in [3.8, 4) is 0 Å². The third-order valence-electron chi connectivity index (χ3n) is 3.38. The van der Waals surface area contributed by atoms with Crippen LogP contribution in [0.4, 0.5) is 0 Å². The van der Waals surface area contributed by atoms with Crippen LogP contribution in [-0.4, -0.2) is 31.2 Å². The molecule has 4 nitrogen and oxygen atoms in total. The number of amides is 1. The maximum absolute atomic E-state index is 11.7. The van der Waals surface area contributed by atoms with Crippen LogP contribution >= 0.6 is 0 Å². The van der Waals surface area contributed by atoms with Crippen molar-refractivity contribution in [1.29, 1.82) is 0 Å². The third kappa shape index (κ3) is 8.22. The highest BCUT2D eigenvalue weighted by atomic mass is 16.5. The molecule has 0 aromatic carbocycles. The van der Waals surface area contributed by atoms with Crippen LogP contribution in [-0.2, 0) is 9.53 Å². The lowest BCUT2D eigenvalue weighted by atomic mass is 9.87. The molecule has 1 fully saturated rings. The Balaban J connectivity index is 2.10. The monoisotopic (exact) mass is 270 g/mol. The molecule has 2 unspecified atom stereocenters. The molecular weight excluding hydrogens is 240 g/mol. The van der Waals surface area contributed by atoms with Crippen molar-refractivity contribution in [2.24, 2.45) is 11.1 Å². The molecule has 112 valence electrons. The van der Waals surface area contributed by atoms with Gasteiger partial charge >= 0.3 is 0 Å². The van der Waals surface area contributed by atoms with Crippen LogP contribution in [0, 0.1) is 5.41 Å². The molecular formula is C15H30N2O2. The number of rotatable bonds is 6. The van der Waals surface area contributed by atoms with E-state index in [1.54, 1.807) is 0 Å². The standard InChI is InChI=1S/C15H30N2O2/c1-15(2,3)11-12(16)10-14(18)17-8-7-13-6-4-5-9-19-13/h12-13H,4-11,16H2,1-3H3,(H,17,18). The van der Waals surface area contributed by atoms with E-state index in [9.17, 15) is 4.79 Å². The smallest absolute Gasteiger partial charge is 0.221 e. The Labute approximate surface area is 117 Å². The molecule has 0 bridgehead atoms. The van der Waals surface area contributed by atoms with E-state index in [0.717, 1.165) is 25.9 Å². The van der Waals surface area contributed by atoms with Crippen molar-refractivity contribution in [3.63, 3.8) is 0 Å². The van der Waals surface area contributed by atoms with E-state index in [0.29, 0.717) is 19.1 Å². The Morgan fingerprint density at radius 3 is 2.74 bits per heavy atom. The number of carbonyl (C=O) groups excluding carboxylic acids is 1. The number of ether oxygens (including phenoxy) is 1. The fourth-order valence-electron chi connectivity index (χ4n) is 2.58. The molecule has 2 atom stereocenters. The first-order chi connectivity index (χ1) is 8.87. The number of hydrogen-bond acceptors (Lipinski definition) is 3. The molecule has 0 aromatic rings. The van der Waals surface area contributed by atoms with Gasteiger partial charge in [-0.05, 0) is 37.5 Å². The number of nitrogens with one attached hydrogen (secondary N) is 1. The summed E-state index contributed by atoms with van der Waals surface area (Å²) >= 11 is 0. The molecule has 1 heterocycles. The minimum absolute atomic E-state index is 0.0501. The van der Waals surface area contributed by atoms with Gasteiger partial charge in [-0.25, -0.2) is 0 Å². The summed E-state index contributed by atoms with van der Waals surface area (Å²) in [6.07, 6.45) is 6.08. The lowest BCUT2D eigenvalue weighted by Crippen LogP contribution is -2.35. The third-order valence-corrected chi connectivity index (χ3v) is 3.38. The second kappa shape index (κ2) is 7.85. The summed E-state index contributed by atoms with van der Waals surface area (Å²) in [7, 11) is 0. The van der Waals surface area contributed by atoms with Crippen molar-refractivity contribution < 1.29 is 9.53 Å². The Hall–Kier alpha value is -0.610. The Morgan fingerprint density at radius 2 is 2.16 bits per heavy atom. The van der Waals surface area contributed by atoms with Gasteiger partial charge in [0.1, 0.15) is 0 Å². The Morgan fingerprint density at radius 1 is 1.42 bits per heavy atom.